The average molecular weight is 347 g/mol. The van der Waals surface area contributed by atoms with Crippen LogP contribution in [-0.4, -0.2) is 36.1 Å². The van der Waals surface area contributed by atoms with Crippen molar-refractivity contribution in [1.82, 2.24) is 0 Å². The molecule has 0 aromatic heterocycles. The molecule has 0 aliphatic carbocycles. The first-order valence-corrected chi connectivity index (χ1v) is 11.6. The van der Waals surface area contributed by atoms with Gasteiger partial charge in [0.2, 0.25) is 0 Å². The molecule has 1 atom stereocenters. The SMILES string of the molecule is CC(C)S(C)(C)CCCOC(=O)C(C)(CC(C)(C)C)C(C)(C)C. The van der Waals surface area contributed by atoms with Gasteiger partial charge in [0, 0.05) is 0 Å². The van der Waals surface area contributed by atoms with Gasteiger partial charge in [-0.2, -0.15) is 0 Å². The van der Waals surface area contributed by atoms with Gasteiger partial charge in [-0.1, -0.05) is 55.4 Å². The Morgan fingerprint density at radius 3 is 1.83 bits per heavy atom. The lowest BCUT2D eigenvalue weighted by Crippen LogP contribution is -2.44. The number of hydrogen-bond acceptors (Lipinski definition) is 2. The molecule has 0 radical (unpaired) electrons. The maximum Gasteiger partial charge on any atom is 0.312 e. The first kappa shape index (κ1) is 22.8. The van der Waals surface area contributed by atoms with Crippen molar-refractivity contribution in [2.45, 2.75) is 80.4 Å². The lowest BCUT2D eigenvalue weighted by Gasteiger charge is -2.43. The van der Waals surface area contributed by atoms with Gasteiger partial charge in [-0.15, -0.1) is 0 Å². The van der Waals surface area contributed by atoms with E-state index in [0.29, 0.717) is 6.61 Å². The van der Waals surface area contributed by atoms with Crippen LogP contribution in [0.5, 0.6) is 0 Å². The van der Waals surface area contributed by atoms with Gasteiger partial charge in [0.05, 0.1) is 12.0 Å². The number of esters is 1. The van der Waals surface area contributed by atoms with Gasteiger partial charge < -0.3 is 4.74 Å². The van der Waals surface area contributed by atoms with Crippen LogP contribution >= 0.6 is 10.0 Å². The summed E-state index contributed by atoms with van der Waals surface area (Å²) in [5, 5.41) is 0.721. The number of carbonyl (C=O) groups is 1. The van der Waals surface area contributed by atoms with Crippen LogP contribution in [0.1, 0.15) is 75.2 Å². The predicted octanol–water partition coefficient (Wildman–Crippen LogP) is 5.88. The second-order valence-electron chi connectivity index (χ2n) is 10.2. The molecule has 0 heterocycles. The predicted molar refractivity (Wildman–Crippen MR) is 107 cm³/mol. The van der Waals surface area contributed by atoms with E-state index in [9.17, 15) is 4.79 Å². The highest BCUT2D eigenvalue weighted by molar-refractivity contribution is 8.33. The van der Waals surface area contributed by atoms with Crippen molar-refractivity contribution >= 4 is 16.0 Å². The summed E-state index contributed by atoms with van der Waals surface area (Å²) < 4.78 is 5.73. The smallest absolute Gasteiger partial charge is 0.312 e. The Hall–Kier alpha value is -0.180. The third-order valence-electron chi connectivity index (χ3n) is 5.31. The molecule has 0 aliphatic rings. The molecular weight excluding hydrogens is 304 g/mol. The Morgan fingerprint density at radius 2 is 1.48 bits per heavy atom. The van der Waals surface area contributed by atoms with Crippen molar-refractivity contribution in [2.75, 3.05) is 24.9 Å². The van der Waals surface area contributed by atoms with Crippen molar-refractivity contribution in [2.24, 2.45) is 16.2 Å². The number of hydrogen-bond donors (Lipinski definition) is 0. The number of ether oxygens (including phenoxy) is 1. The Kier molecular flexibility index (Phi) is 7.74. The molecule has 0 aliphatic heterocycles. The summed E-state index contributed by atoms with van der Waals surface area (Å²) >= 11 is 0. The molecule has 140 valence electrons. The Balaban J connectivity index is 4.77. The summed E-state index contributed by atoms with van der Waals surface area (Å²) in [6, 6.07) is 0. The van der Waals surface area contributed by atoms with Crippen LogP contribution in [-0.2, 0) is 9.53 Å². The lowest BCUT2D eigenvalue weighted by molar-refractivity contribution is -0.164. The van der Waals surface area contributed by atoms with Crippen molar-refractivity contribution in [3.05, 3.63) is 0 Å². The fraction of sp³-hybridized carbons (Fsp3) is 0.950. The Morgan fingerprint density at radius 1 is 1.00 bits per heavy atom. The van der Waals surface area contributed by atoms with Gasteiger partial charge >= 0.3 is 5.97 Å². The molecule has 0 spiro atoms. The zero-order valence-corrected chi connectivity index (χ0v) is 18.4. The molecule has 0 amide bonds. The second kappa shape index (κ2) is 7.80. The van der Waals surface area contributed by atoms with E-state index in [1.807, 2.05) is 0 Å². The van der Waals surface area contributed by atoms with E-state index >= 15 is 0 Å². The minimum Gasteiger partial charge on any atom is -0.465 e. The molecule has 0 aromatic carbocycles. The largest absolute Gasteiger partial charge is 0.465 e. The zero-order valence-electron chi connectivity index (χ0n) is 17.6. The van der Waals surface area contributed by atoms with E-state index in [0.717, 1.165) is 18.1 Å². The summed E-state index contributed by atoms with van der Waals surface area (Å²) in [7, 11) is -0.580. The van der Waals surface area contributed by atoms with E-state index in [2.05, 4.69) is 74.8 Å². The minimum absolute atomic E-state index is 0.0303. The first-order valence-electron chi connectivity index (χ1n) is 8.90. The van der Waals surface area contributed by atoms with Crippen molar-refractivity contribution in [1.29, 1.82) is 0 Å². The normalized spacial score (nSPS) is 17.0. The van der Waals surface area contributed by atoms with E-state index in [1.165, 1.54) is 5.75 Å². The van der Waals surface area contributed by atoms with Gasteiger partial charge in [0.1, 0.15) is 0 Å². The molecule has 0 saturated heterocycles. The molecule has 0 bridgehead atoms. The molecule has 0 N–H and O–H groups in total. The minimum atomic E-state index is -0.580. The van der Waals surface area contributed by atoms with Crippen LogP contribution in [0.2, 0.25) is 0 Å². The Bertz CT molecular complexity index is 385. The molecule has 2 nitrogen and oxygen atoms in total. The highest BCUT2D eigenvalue weighted by atomic mass is 32.3. The topological polar surface area (TPSA) is 26.3 Å². The molecule has 1 unspecified atom stereocenters. The van der Waals surface area contributed by atoms with Gasteiger partial charge in [0.25, 0.3) is 0 Å². The van der Waals surface area contributed by atoms with Crippen molar-refractivity contribution in [3.63, 3.8) is 0 Å². The third-order valence-corrected chi connectivity index (χ3v) is 9.21. The molecule has 0 aromatic rings. The van der Waals surface area contributed by atoms with Crippen LogP contribution in [0.3, 0.4) is 0 Å². The van der Waals surface area contributed by atoms with Crippen LogP contribution in [0.25, 0.3) is 0 Å². The van der Waals surface area contributed by atoms with Gasteiger partial charge in [-0.3, -0.25) is 4.79 Å². The number of rotatable bonds is 7. The van der Waals surface area contributed by atoms with Crippen molar-refractivity contribution < 1.29 is 9.53 Å². The van der Waals surface area contributed by atoms with E-state index in [-0.39, 0.29) is 16.8 Å². The van der Waals surface area contributed by atoms with Crippen LogP contribution in [0, 0.1) is 16.2 Å². The average Bonchev–Trinajstić information content (AvgIpc) is 2.30. The molecule has 0 saturated carbocycles. The van der Waals surface area contributed by atoms with Gasteiger partial charge in [0.15, 0.2) is 0 Å². The summed E-state index contributed by atoms with van der Waals surface area (Å²) in [6.07, 6.45) is 6.56. The van der Waals surface area contributed by atoms with Gasteiger partial charge in [-0.25, -0.2) is 10.0 Å². The summed E-state index contributed by atoms with van der Waals surface area (Å²) in [4.78, 5) is 12.8. The molecule has 0 rings (SSSR count). The number of carbonyl (C=O) groups excluding carboxylic acids is 1. The standard InChI is InChI=1S/C20H42O2S/c1-16(2)23(10,11)14-12-13-22-17(21)20(9,19(6,7)8)15-18(3,4)5/h16H,12-15H2,1-11H3. The molecule has 3 heteroatoms. The summed E-state index contributed by atoms with van der Waals surface area (Å²) in [5.74, 6) is 1.14. The fourth-order valence-corrected chi connectivity index (χ4v) is 4.03. The maximum absolute atomic E-state index is 12.8. The monoisotopic (exact) mass is 346 g/mol. The van der Waals surface area contributed by atoms with E-state index in [4.69, 9.17) is 4.74 Å². The highest BCUT2D eigenvalue weighted by Gasteiger charge is 2.47. The fourth-order valence-electron chi connectivity index (χ4n) is 2.69. The lowest BCUT2D eigenvalue weighted by atomic mass is 9.61. The molecule has 23 heavy (non-hydrogen) atoms. The second-order valence-corrected chi connectivity index (χ2v) is 14.8. The van der Waals surface area contributed by atoms with E-state index < -0.39 is 15.4 Å². The zero-order chi connectivity index (χ0) is 18.7. The molecule has 0 fully saturated rings. The van der Waals surface area contributed by atoms with Gasteiger partial charge in [-0.05, 0) is 54.1 Å². The maximum atomic E-state index is 12.8. The van der Waals surface area contributed by atoms with Crippen molar-refractivity contribution in [3.8, 4) is 0 Å². The third kappa shape index (κ3) is 7.07. The van der Waals surface area contributed by atoms with Crippen LogP contribution < -0.4 is 0 Å². The quantitative estimate of drug-likeness (QED) is 0.425. The first-order chi connectivity index (χ1) is 10.0. The highest BCUT2D eigenvalue weighted by Crippen LogP contribution is 2.48. The molecular formula is C20H42O2S. The summed E-state index contributed by atoms with van der Waals surface area (Å²) in [6.45, 7) is 20.2. The van der Waals surface area contributed by atoms with Crippen LogP contribution in [0.15, 0.2) is 0 Å². The van der Waals surface area contributed by atoms with Crippen LogP contribution in [0.4, 0.5) is 0 Å². The Labute approximate surface area is 147 Å². The van der Waals surface area contributed by atoms with E-state index in [1.54, 1.807) is 0 Å². The summed E-state index contributed by atoms with van der Waals surface area (Å²) in [5.41, 5.74) is -0.462.